The largest absolute Gasteiger partial charge is 0.379 e. The molecular weight excluding hydrogens is 206 g/mol. The number of rotatable bonds is 4. The summed E-state index contributed by atoms with van der Waals surface area (Å²) in [6.07, 6.45) is 1.28. The van der Waals surface area contributed by atoms with Gasteiger partial charge in [-0.25, -0.2) is 0 Å². The van der Waals surface area contributed by atoms with E-state index in [1.807, 2.05) is 0 Å². The molecule has 0 atom stereocenters. The topological polar surface area (TPSA) is 59.9 Å². The zero-order valence-corrected chi connectivity index (χ0v) is 10.2. The molecule has 0 aromatic heterocycles. The molecule has 3 N–H and O–H groups in total. The lowest BCUT2D eigenvalue weighted by atomic mass is 10.3. The summed E-state index contributed by atoms with van der Waals surface area (Å²) >= 11 is 0. The molecule has 2 heterocycles. The second-order valence-electron chi connectivity index (χ2n) is 4.26. The van der Waals surface area contributed by atoms with E-state index < -0.39 is 0 Å². The first kappa shape index (κ1) is 13.9. The quantitative estimate of drug-likeness (QED) is 0.749. The standard InChI is InChI=1S/C11H22N2O2.H3N/c1(2-12-4-8-14-9-5-12)3-13-6-10-15-11-7-13;/h1-11H2;1H3. The highest BCUT2D eigenvalue weighted by atomic mass is 16.5. The number of hydrogen-bond acceptors (Lipinski definition) is 5. The van der Waals surface area contributed by atoms with Crippen molar-refractivity contribution in [3.05, 3.63) is 0 Å². The van der Waals surface area contributed by atoms with E-state index in [4.69, 9.17) is 9.47 Å². The first-order chi connectivity index (χ1) is 7.45. The summed E-state index contributed by atoms with van der Waals surface area (Å²) in [6, 6.07) is 0. The molecule has 0 radical (unpaired) electrons. The fourth-order valence-electron chi connectivity index (χ4n) is 2.17. The molecule has 0 amide bonds. The zero-order chi connectivity index (χ0) is 10.3. The molecule has 96 valence electrons. The maximum Gasteiger partial charge on any atom is 0.0594 e. The smallest absolute Gasteiger partial charge is 0.0594 e. The van der Waals surface area contributed by atoms with E-state index in [9.17, 15) is 0 Å². The van der Waals surface area contributed by atoms with E-state index in [1.54, 1.807) is 0 Å². The van der Waals surface area contributed by atoms with Crippen LogP contribution < -0.4 is 6.15 Å². The molecule has 0 unspecified atom stereocenters. The second kappa shape index (κ2) is 7.97. The number of hydrogen-bond donors (Lipinski definition) is 1. The first-order valence-electron chi connectivity index (χ1n) is 6.05. The predicted octanol–water partition coefficient (Wildman–Crippen LogP) is 0.203. The third kappa shape index (κ3) is 4.76. The molecule has 0 spiro atoms. The zero-order valence-electron chi connectivity index (χ0n) is 10.2. The molecule has 0 bridgehead atoms. The van der Waals surface area contributed by atoms with Crippen molar-refractivity contribution >= 4 is 0 Å². The van der Waals surface area contributed by atoms with Crippen molar-refractivity contribution in [1.82, 2.24) is 16.0 Å². The Bertz CT molecular complexity index is 151. The van der Waals surface area contributed by atoms with Crippen molar-refractivity contribution < 1.29 is 9.47 Å². The molecule has 0 aromatic carbocycles. The lowest BCUT2D eigenvalue weighted by molar-refractivity contribution is 0.0249. The SMILES string of the molecule is C(CN1CCOCC1)CN1CCOCC1.N. The Balaban J connectivity index is 0.00000128. The van der Waals surface area contributed by atoms with Gasteiger partial charge in [0.1, 0.15) is 0 Å². The van der Waals surface area contributed by atoms with Crippen molar-refractivity contribution in [2.45, 2.75) is 6.42 Å². The number of morpholine rings is 2. The molecule has 2 aliphatic heterocycles. The summed E-state index contributed by atoms with van der Waals surface area (Å²) in [6.45, 7) is 10.6. The number of ether oxygens (including phenoxy) is 2. The minimum Gasteiger partial charge on any atom is -0.379 e. The highest BCUT2D eigenvalue weighted by Crippen LogP contribution is 2.01. The summed E-state index contributed by atoms with van der Waals surface area (Å²) in [7, 11) is 0. The van der Waals surface area contributed by atoms with Crippen LogP contribution in [0.15, 0.2) is 0 Å². The molecule has 0 saturated carbocycles. The van der Waals surface area contributed by atoms with Gasteiger partial charge in [-0.15, -0.1) is 0 Å². The Morgan fingerprint density at radius 3 is 1.44 bits per heavy atom. The minimum absolute atomic E-state index is 0. The molecule has 2 aliphatic rings. The van der Waals surface area contributed by atoms with E-state index in [2.05, 4.69) is 9.80 Å². The van der Waals surface area contributed by atoms with E-state index >= 15 is 0 Å². The normalized spacial score (nSPS) is 24.0. The first-order valence-corrected chi connectivity index (χ1v) is 6.05. The molecular formula is C11H25N3O2. The highest BCUT2D eigenvalue weighted by molar-refractivity contribution is 4.65. The van der Waals surface area contributed by atoms with Gasteiger partial charge >= 0.3 is 0 Å². The van der Waals surface area contributed by atoms with Crippen LogP contribution in [0.3, 0.4) is 0 Å². The molecule has 2 rings (SSSR count). The Hall–Kier alpha value is -0.200. The Kier molecular flexibility index (Phi) is 6.91. The Labute approximate surface area is 98.3 Å². The van der Waals surface area contributed by atoms with Gasteiger partial charge < -0.3 is 15.6 Å². The van der Waals surface area contributed by atoms with Gasteiger partial charge in [0, 0.05) is 26.2 Å². The van der Waals surface area contributed by atoms with Gasteiger partial charge in [0.15, 0.2) is 0 Å². The predicted molar refractivity (Wildman–Crippen MR) is 64.2 cm³/mol. The average molecular weight is 231 g/mol. The summed E-state index contributed by atoms with van der Waals surface area (Å²) in [5, 5.41) is 0. The van der Waals surface area contributed by atoms with Crippen molar-refractivity contribution in [3.63, 3.8) is 0 Å². The fourth-order valence-corrected chi connectivity index (χ4v) is 2.17. The van der Waals surface area contributed by atoms with Gasteiger partial charge in [-0.1, -0.05) is 0 Å². The fraction of sp³-hybridized carbons (Fsp3) is 1.00. The highest BCUT2D eigenvalue weighted by Gasteiger charge is 2.12. The summed E-state index contributed by atoms with van der Waals surface area (Å²) in [5.74, 6) is 0. The van der Waals surface area contributed by atoms with E-state index in [-0.39, 0.29) is 6.15 Å². The summed E-state index contributed by atoms with van der Waals surface area (Å²) in [4.78, 5) is 5.01. The van der Waals surface area contributed by atoms with Crippen molar-refractivity contribution in [1.29, 1.82) is 0 Å². The van der Waals surface area contributed by atoms with Crippen LogP contribution in [-0.2, 0) is 9.47 Å². The maximum atomic E-state index is 5.33. The minimum atomic E-state index is 0. The molecule has 0 aromatic rings. The van der Waals surface area contributed by atoms with Gasteiger partial charge in [-0.2, -0.15) is 0 Å². The average Bonchev–Trinajstić information content (AvgIpc) is 2.32. The summed E-state index contributed by atoms with van der Waals surface area (Å²) < 4.78 is 10.7. The van der Waals surface area contributed by atoms with Crippen LogP contribution in [0.2, 0.25) is 0 Å². The van der Waals surface area contributed by atoms with Gasteiger partial charge in [0.05, 0.1) is 26.4 Å². The van der Waals surface area contributed by atoms with Crippen LogP contribution >= 0.6 is 0 Å². The van der Waals surface area contributed by atoms with E-state index in [1.165, 1.54) is 19.5 Å². The van der Waals surface area contributed by atoms with Crippen LogP contribution in [0.1, 0.15) is 6.42 Å². The third-order valence-corrected chi connectivity index (χ3v) is 3.16. The van der Waals surface area contributed by atoms with Crippen molar-refractivity contribution in [2.24, 2.45) is 0 Å². The van der Waals surface area contributed by atoms with E-state index in [0.717, 1.165) is 52.6 Å². The Morgan fingerprint density at radius 2 is 1.06 bits per heavy atom. The second-order valence-corrected chi connectivity index (χ2v) is 4.26. The van der Waals surface area contributed by atoms with Gasteiger partial charge in [-0.3, -0.25) is 9.80 Å². The molecule has 0 aliphatic carbocycles. The molecule has 5 heteroatoms. The number of nitrogens with zero attached hydrogens (tertiary/aromatic N) is 2. The van der Waals surface area contributed by atoms with Crippen molar-refractivity contribution in [2.75, 3.05) is 65.7 Å². The van der Waals surface area contributed by atoms with Crippen LogP contribution in [0.4, 0.5) is 0 Å². The van der Waals surface area contributed by atoms with Gasteiger partial charge in [0.2, 0.25) is 0 Å². The van der Waals surface area contributed by atoms with Crippen LogP contribution in [0.5, 0.6) is 0 Å². The maximum absolute atomic E-state index is 5.33. The van der Waals surface area contributed by atoms with Crippen LogP contribution in [0.25, 0.3) is 0 Å². The van der Waals surface area contributed by atoms with E-state index in [0.29, 0.717) is 0 Å². The summed E-state index contributed by atoms with van der Waals surface area (Å²) in [5.41, 5.74) is 0. The lowest BCUT2D eigenvalue weighted by Gasteiger charge is -2.29. The third-order valence-electron chi connectivity index (χ3n) is 3.16. The molecule has 2 saturated heterocycles. The monoisotopic (exact) mass is 231 g/mol. The van der Waals surface area contributed by atoms with Gasteiger partial charge in [0.25, 0.3) is 0 Å². The van der Waals surface area contributed by atoms with Crippen LogP contribution in [-0.4, -0.2) is 75.5 Å². The molecule has 5 nitrogen and oxygen atoms in total. The van der Waals surface area contributed by atoms with Crippen molar-refractivity contribution in [3.8, 4) is 0 Å². The molecule has 2 fully saturated rings. The van der Waals surface area contributed by atoms with Crippen LogP contribution in [0, 0.1) is 0 Å². The Morgan fingerprint density at radius 1 is 0.688 bits per heavy atom. The van der Waals surface area contributed by atoms with Gasteiger partial charge in [-0.05, 0) is 19.5 Å². The molecule has 16 heavy (non-hydrogen) atoms. The lowest BCUT2D eigenvalue weighted by Crippen LogP contribution is -2.40.